The molecule has 29 heavy (non-hydrogen) atoms. The maximum absolute atomic E-state index is 13.0. The van der Waals surface area contributed by atoms with Crippen LogP contribution >= 0.6 is 15.9 Å². The smallest absolute Gasteiger partial charge is 0.353 e. The molecule has 1 aromatic heterocycles. The molecule has 1 heterocycles. The van der Waals surface area contributed by atoms with Crippen molar-refractivity contribution in [2.24, 2.45) is 23.2 Å². The minimum Gasteiger partial charge on any atom is -0.353 e. The summed E-state index contributed by atoms with van der Waals surface area (Å²) in [5.74, 6) is 2.36. The Bertz CT molecular complexity index is 754. The summed E-state index contributed by atoms with van der Waals surface area (Å²) in [6, 6.07) is 0.166. The first-order valence-electron chi connectivity index (χ1n) is 10.7. The van der Waals surface area contributed by atoms with E-state index in [2.05, 4.69) is 33.3 Å². The van der Waals surface area contributed by atoms with E-state index in [1.807, 2.05) is 0 Å². The average molecular weight is 476 g/mol. The van der Waals surface area contributed by atoms with Gasteiger partial charge in [0.2, 0.25) is 5.91 Å². The lowest BCUT2D eigenvalue weighted by Gasteiger charge is -2.59. The zero-order valence-corrected chi connectivity index (χ0v) is 18.6. The number of nitrogens with one attached hydrogen (secondary N) is 1. The van der Waals surface area contributed by atoms with Crippen LogP contribution in [0.15, 0.2) is 4.47 Å². The van der Waals surface area contributed by atoms with Gasteiger partial charge in [-0.2, -0.15) is 18.3 Å². The molecule has 1 aromatic rings. The molecule has 1 N–H and O–H groups in total. The van der Waals surface area contributed by atoms with E-state index in [0.717, 1.165) is 24.2 Å². The third-order valence-electron chi connectivity index (χ3n) is 7.52. The van der Waals surface area contributed by atoms with E-state index < -0.39 is 11.9 Å². The van der Waals surface area contributed by atoms with Crippen LogP contribution < -0.4 is 5.32 Å². The molecule has 4 aliphatic rings. The van der Waals surface area contributed by atoms with Crippen molar-refractivity contribution < 1.29 is 18.0 Å². The molecule has 162 valence electrons. The number of alkyl halides is 3. The van der Waals surface area contributed by atoms with Crippen molar-refractivity contribution in [2.45, 2.75) is 84.0 Å². The number of aryl methyl sites for hydroxylation is 1. The van der Waals surface area contributed by atoms with Gasteiger partial charge in [0.25, 0.3) is 0 Å². The first-order valence-corrected chi connectivity index (χ1v) is 11.5. The molecule has 4 aliphatic carbocycles. The molecule has 0 saturated heterocycles. The minimum absolute atomic E-state index is 0.0505. The standard InChI is InChI=1S/C21H29BrF3N3O/c1-3-16(20-9-13-6-14(10-20)8-15(7-13)11-20)26-17(29)4-5-28-12(2)18(22)19(27-28)21(23,24)25/h13-16H,3-11H2,1-2H3,(H,26,29). The summed E-state index contributed by atoms with van der Waals surface area (Å²) in [5.41, 5.74) is -0.318. The maximum atomic E-state index is 13.0. The highest BCUT2D eigenvalue weighted by Crippen LogP contribution is 2.61. The summed E-state index contributed by atoms with van der Waals surface area (Å²) in [4.78, 5) is 12.7. The quantitative estimate of drug-likeness (QED) is 0.592. The first-order chi connectivity index (χ1) is 13.6. The number of rotatable bonds is 6. The average Bonchev–Trinajstić information content (AvgIpc) is 2.91. The summed E-state index contributed by atoms with van der Waals surface area (Å²) in [6.45, 7) is 3.85. The van der Waals surface area contributed by atoms with Crippen molar-refractivity contribution in [1.29, 1.82) is 0 Å². The molecule has 4 bridgehead atoms. The molecule has 1 unspecified atom stereocenters. The van der Waals surface area contributed by atoms with Gasteiger partial charge in [-0.15, -0.1) is 0 Å². The van der Waals surface area contributed by atoms with E-state index in [4.69, 9.17) is 0 Å². The summed E-state index contributed by atoms with van der Waals surface area (Å²) >= 11 is 2.98. The maximum Gasteiger partial charge on any atom is 0.436 e. The van der Waals surface area contributed by atoms with Crippen LogP contribution in [0.25, 0.3) is 0 Å². The van der Waals surface area contributed by atoms with E-state index in [-0.39, 0.29) is 34.8 Å². The molecule has 1 atom stereocenters. The van der Waals surface area contributed by atoms with Crippen LogP contribution in [0.5, 0.6) is 0 Å². The van der Waals surface area contributed by atoms with E-state index in [1.54, 1.807) is 6.92 Å². The highest BCUT2D eigenvalue weighted by Gasteiger charge is 2.54. The van der Waals surface area contributed by atoms with Gasteiger partial charge in [-0.3, -0.25) is 9.48 Å². The molecule has 0 spiro atoms. The van der Waals surface area contributed by atoms with Crippen molar-refractivity contribution in [3.8, 4) is 0 Å². The lowest BCUT2D eigenvalue weighted by molar-refractivity contribution is -0.142. The molecule has 0 aliphatic heterocycles. The third-order valence-corrected chi connectivity index (χ3v) is 8.47. The van der Waals surface area contributed by atoms with Gasteiger partial charge in [-0.25, -0.2) is 0 Å². The number of aromatic nitrogens is 2. The fraction of sp³-hybridized carbons (Fsp3) is 0.810. The monoisotopic (exact) mass is 475 g/mol. The second-order valence-electron chi connectivity index (χ2n) is 9.53. The van der Waals surface area contributed by atoms with Crippen LogP contribution in [0, 0.1) is 30.1 Å². The molecule has 4 saturated carbocycles. The lowest BCUT2D eigenvalue weighted by Crippen LogP contribution is -2.56. The van der Waals surface area contributed by atoms with Gasteiger partial charge >= 0.3 is 6.18 Å². The molecular weight excluding hydrogens is 447 g/mol. The van der Waals surface area contributed by atoms with E-state index in [9.17, 15) is 18.0 Å². The van der Waals surface area contributed by atoms with Gasteiger partial charge in [0.15, 0.2) is 5.69 Å². The second kappa shape index (κ2) is 7.57. The van der Waals surface area contributed by atoms with Crippen LogP contribution in [-0.4, -0.2) is 21.7 Å². The number of halogens is 4. The zero-order valence-electron chi connectivity index (χ0n) is 17.0. The summed E-state index contributed by atoms with van der Waals surface area (Å²) < 4.78 is 40.3. The van der Waals surface area contributed by atoms with Crippen LogP contribution in [-0.2, 0) is 17.5 Å². The molecule has 4 nitrogen and oxygen atoms in total. The Morgan fingerprint density at radius 2 is 1.79 bits per heavy atom. The Morgan fingerprint density at radius 3 is 2.24 bits per heavy atom. The second-order valence-corrected chi connectivity index (χ2v) is 10.3. The fourth-order valence-corrected chi connectivity index (χ4v) is 7.20. The van der Waals surface area contributed by atoms with E-state index >= 15 is 0 Å². The SMILES string of the molecule is CCC(NC(=O)CCn1nc(C(F)(F)F)c(Br)c1C)C12CC3CC(CC(C3)C1)C2. The highest BCUT2D eigenvalue weighted by atomic mass is 79.9. The summed E-state index contributed by atoms with van der Waals surface area (Å²) in [6.07, 6.45) is 4.27. The predicted molar refractivity (Wildman–Crippen MR) is 107 cm³/mol. The van der Waals surface area contributed by atoms with Gasteiger partial charge in [0.1, 0.15) is 0 Å². The number of hydrogen-bond acceptors (Lipinski definition) is 2. The van der Waals surface area contributed by atoms with Gasteiger partial charge in [0, 0.05) is 12.5 Å². The van der Waals surface area contributed by atoms with Crippen LogP contribution in [0.1, 0.15) is 69.7 Å². The van der Waals surface area contributed by atoms with Gasteiger partial charge in [0.05, 0.1) is 16.7 Å². The van der Waals surface area contributed by atoms with Crippen LogP contribution in [0.3, 0.4) is 0 Å². The number of nitrogens with zero attached hydrogens (tertiary/aromatic N) is 2. The Hall–Kier alpha value is -1.05. The largest absolute Gasteiger partial charge is 0.436 e. The van der Waals surface area contributed by atoms with Crippen molar-refractivity contribution in [2.75, 3.05) is 0 Å². The van der Waals surface area contributed by atoms with Crippen molar-refractivity contribution in [1.82, 2.24) is 15.1 Å². The summed E-state index contributed by atoms with van der Waals surface area (Å²) in [7, 11) is 0. The van der Waals surface area contributed by atoms with Crippen molar-refractivity contribution in [3.05, 3.63) is 15.9 Å². The molecule has 0 radical (unpaired) electrons. The van der Waals surface area contributed by atoms with Gasteiger partial charge in [-0.1, -0.05) is 6.92 Å². The Labute approximate surface area is 178 Å². The Balaban J connectivity index is 1.40. The lowest BCUT2D eigenvalue weighted by atomic mass is 9.47. The van der Waals surface area contributed by atoms with Gasteiger partial charge in [-0.05, 0) is 91.0 Å². The molecule has 0 aromatic carbocycles. The van der Waals surface area contributed by atoms with Crippen molar-refractivity contribution in [3.63, 3.8) is 0 Å². The molecule has 8 heteroatoms. The number of carbonyl (C=O) groups is 1. The number of hydrogen-bond donors (Lipinski definition) is 1. The molecule has 5 rings (SSSR count). The van der Waals surface area contributed by atoms with Crippen molar-refractivity contribution >= 4 is 21.8 Å². The normalized spacial score (nSPS) is 31.9. The zero-order chi connectivity index (χ0) is 21.0. The highest BCUT2D eigenvalue weighted by molar-refractivity contribution is 9.10. The Morgan fingerprint density at radius 1 is 1.24 bits per heavy atom. The predicted octanol–water partition coefficient (Wildman–Crippen LogP) is 5.47. The fourth-order valence-electron chi connectivity index (χ4n) is 6.69. The molecular formula is C21H29BrF3N3O. The number of amides is 1. The Kier molecular flexibility index (Phi) is 5.53. The van der Waals surface area contributed by atoms with E-state index in [1.165, 1.54) is 43.2 Å². The topological polar surface area (TPSA) is 46.9 Å². The van der Waals surface area contributed by atoms with Crippen LogP contribution in [0.2, 0.25) is 0 Å². The van der Waals surface area contributed by atoms with E-state index in [0.29, 0.717) is 5.69 Å². The minimum atomic E-state index is -4.51. The number of carbonyl (C=O) groups excluding carboxylic acids is 1. The summed E-state index contributed by atoms with van der Waals surface area (Å²) in [5, 5.41) is 6.92. The van der Waals surface area contributed by atoms with Gasteiger partial charge < -0.3 is 5.32 Å². The first kappa shape index (κ1) is 21.2. The third kappa shape index (κ3) is 3.98. The molecule has 1 amide bonds. The van der Waals surface area contributed by atoms with Crippen LogP contribution in [0.4, 0.5) is 13.2 Å². The molecule has 4 fully saturated rings.